The number of para-hydroxylation sites is 1. The first-order chi connectivity index (χ1) is 8.22. The average molecular weight is 235 g/mol. The van der Waals surface area contributed by atoms with Crippen LogP contribution in [-0.4, -0.2) is 22.8 Å². The van der Waals surface area contributed by atoms with Crippen molar-refractivity contribution in [1.29, 1.82) is 0 Å². The molecule has 0 radical (unpaired) electrons. The maximum Gasteiger partial charge on any atom is 0.295 e. The summed E-state index contributed by atoms with van der Waals surface area (Å²) in [4.78, 5) is 15.8. The second kappa shape index (κ2) is 4.75. The van der Waals surface area contributed by atoms with E-state index in [1.165, 1.54) is 30.1 Å². The van der Waals surface area contributed by atoms with Gasteiger partial charge in [0.25, 0.3) is 5.91 Å². The predicted octanol–water partition coefficient (Wildman–Crippen LogP) is 1.30. The molecule has 2 rings (SSSR count). The van der Waals surface area contributed by atoms with Crippen molar-refractivity contribution >= 4 is 5.91 Å². The lowest BCUT2D eigenvalue weighted by Crippen LogP contribution is -2.22. The Hall–Kier alpha value is -2.21. The molecule has 0 aliphatic heterocycles. The Labute approximate surface area is 96.8 Å². The fourth-order valence-electron chi connectivity index (χ4n) is 1.36. The number of nitrogens with zero attached hydrogens (tertiary/aromatic N) is 2. The SMILES string of the molecule is CONC(=O)c1ccn(-c2ccccc2F)n1. The second-order valence-electron chi connectivity index (χ2n) is 3.23. The number of amides is 1. The zero-order chi connectivity index (χ0) is 12.3. The molecule has 0 unspecified atom stereocenters. The van der Waals surface area contributed by atoms with Gasteiger partial charge in [0.05, 0.1) is 7.11 Å². The molecule has 1 heterocycles. The Morgan fingerprint density at radius 3 is 2.88 bits per heavy atom. The Balaban J connectivity index is 2.30. The van der Waals surface area contributed by atoms with Crippen LogP contribution < -0.4 is 5.48 Å². The Morgan fingerprint density at radius 1 is 1.41 bits per heavy atom. The molecule has 17 heavy (non-hydrogen) atoms. The van der Waals surface area contributed by atoms with Gasteiger partial charge in [-0.25, -0.2) is 14.6 Å². The Morgan fingerprint density at radius 2 is 2.18 bits per heavy atom. The van der Waals surface area contributed by atoms with Crippen LogP contribution in [0.1, 0.15) is 10.5 Å². The zero-order valence-electron chi connectivity index (χ0n) is 9.05. The third-order valence-corrected chi connectivity index (χ3v) is 2.12. The molecule has 0 spiro atoms. The van der Waals surface area contributed by atoms with Gasteiger partial charge in [-0.05, 0) is 18.2 Å². The number of nitrogens with one attached hydrogen (secondary N) is 1. The third-order valence-electron chi connectivity index (χ3n) is 2.12. The minimum Gasteiger partial charge on any atom is -0.277 e. The Kier molecular flexibility index (Phi) is 3.15. The van der Waals surface area contributed by atoms with Crippen molar-refractivity contribution in [2.45, 2.75) is 0 Å². The van der Waals surface area contributed by atoms with Crippen LogP contribution in [0.5, 0.6) is 0 Å². The highest BCUT2D eigenvalue weighted by molar-refractivity contribution is 5.91. The maximum atomic E-state index is 13.4. The largest absolute Gasteiger partial charge is 0.295 e. The number of hydrogen-bond donors (Lipinski definition) is 1. The van der Waals surface area contributed by atoms with Crippen LogP contribution in [0.2, 0.25) is 0 Å². The Bertz CT molecular complexity index is 539. The summed E-state index contributed by atoms with van der Waals surface area (Å²) in [5, 5.41) is 3.94. The molecule has 0 saturated heterocycles. The summed E-state index contributed by atoms with van der Waals surface area (Å²) in [5.41, 5.74) is 2.56. The molecule has 5 nitrogen and oxygen atoms in total. The molecule has 1 N–H and O–H groups in total. The number of carbonyl (C=O) groups is 1. The van der Waals surface area contributed by atoms with E-state index in [1.54, 1.807) is 18.2 Å². The highest BCUT2D eigenvalue weighted by atomic mass is 19.1. The van der Waals surface area contributed by atoms with Crippen molar-refractivity contribution in [2.75, 3.05) is 7.11 Å². The summed E-state index contributed by atoms with van der Waals surface area (Å²) in [6.45, 7) is 0. The lowest BCUT2D eigenvalue weighted by atomic mass is 10.3. The van der Waals surface area contributed by atoms with E-state index in [-0.39, 0.29) is 11.4 Å². The number of hydroxylamine groups is 1. The van der Waals surface area contributed by atoms with Crippen molar-refractivity contribution in [3.63, 3.8) is 0 Å². The monoisotopic (exact) mass is 235 g/mol. The quantitative estimate of drug-likeness (QED) is 0.816. The molecule has 2 aromatic rings. The summed E-state index contributed by atoms with van der Waals surface area (Å²) in [7, 11) is 1.33. The lowest BCUT2D eigenvalue weighted by molar-refractivity contribution is 0.0532. The van der Waals surface area contributed by atoms with Crippen LogP contribution in [0.25, 0.3) is 5.69 Å². The molecule has 1 aromatic heterocycles. The topological polar surface area (TPSA) is 56.1 Å². The van der Waals surface area contributed by atoms with Crippen LogP contribution in [0.4, 0.5) is 4.39 Å². The summed E-state index contributed by atoms with van der Waals surface area (Å²) in [6.07, 6.45) is 1.50. The predicted molar refractivity (Wildman–Crippen MR) is 58.0 cm³/mol. The minimum absolute atomic E-state index is 0.148. The van der Waals surface area contributed by atoms with Crippen LogP contribution in [-0.2, 0) is 4.84 Å². The minimum atomic E-state index is -0.484. The number of rotatable bonds is 3. The second-order valence-corrected chi connectivity index (χ2v) is 3.23. The van der Waals surface area contributed by atoms with Crippen LogP contribution in [0.3, 0.4) is 0 Å². The first-order valence-corrected chi connectivity index (χ1v) is 4.86. The van der Waals surface area contributed by atoms with Gasteiger partial charge in [0.1, 0.15) is 11.5 Å². The smallest absolute Gasteiger partial charge is 0.277 e. The van der Waals surface area contributed by atoms with Gasteiger partial charge in [-0.15, -0.1) is 0 Å². The van der Waals surface area contributed by atoms with Gasteiger partial charge in [-0.3, -0.25) is 9.63 Å². The molecule has 0 bridgehead atoms. The molecule has 0 aliphatic carbocycles. The number of halogens is 1. The van der Waals surface area contributed by atoms with E-state index >= 15 is 0 Å². The third kappa shape index (κ3) is 2.31. The van der Waals surface area contributed by atoms with Crippen molar-refractivity contribution in [1.82, 2.24) is 15.3 Å². The molecule has 0 fully saturated rings. The molecule has 6 heteroatoms. The van der Waals surface area contributed by atoms with E-state index in [1.807, 2.05) is 0 Å². The number of carbonyl (C=O) groups excluding carboxylic acids is 1. The summed E-state index contributed by atoms with van der Waals surface area (Å²) >= 11 is 0. The first-order valence-electron chi connectivity index (χ1n) is 4.86. The number of benzene rings is 1. The van der Waals surface area contributed by atoms with Crippen molar-refractivity contribution in [3.05, 3.63) is 48.0 Å². The zero-order valence-corrected chi connectivity index (χ0v) is 9.05. The van der Waals surface area contributed by atoms with Gasteiger partial charge in [-0.2, -0.15) is 5.10 Å². The average Bonchev–Trinajstić information content (AvgIpc) is 2.79. The molecule has 0 saturated carbocycles. The van der Waals surface area contributed by atoms with E-state index in [2.05, 4.69) is 15.4 Å². The maximum absolute atomic E-state index is 13.4. The lowest BCUT2D eigenvalue weighted by Gasteiger charge is -2.02. The number of hydrogen-bond acceptors (Lipinski definition) is 3. The van der Waals surface area contributed by atoms with Gasteiger partial charge < -0.3 is 0 Å². The highest BCUT2D eigenvalue weighted by Crippen LogP contribution is 2.11. The normalized spacial score (nSPS) is 10.2. The molecular formula is C11H10FN3O2. The van der Waals surface area contributed by atoms with Crippen LogP contribution in [0.15, 0.2) is 36.5 Å². The van der Waals surface area contributed by atoms with E-state index in [0.717, 1.165) is 0 Å². The molecule has 1 amide bonds. The molecular weight excluding hydrogens is 225 g/mol. The van der Waals surface area contributed by atoms with E-state index in [4.69, 9.17) is 0 Å². The fourth-order valence-corrected chi connectivity index (χ4v) is 1.36. The summed E-state index contributed by atoms with van der Waals surface area (Å²) in [5.74, 6) is -0.892. The highest BCUT2D eigenvalue weighted by Gasteiger charge is 2.11. The van der Waals surface area contributed by atoms with Gasteiger partial charge in [0.15, 0.2) is 5.69 Å². The molecule has 0 atom stereocenters. The van der Waals surface area contributed by atoms with Gasteiger partial charge in [0.2, 0.25) is 0 Å². The van der Waals surface area contributed by atoms with Crippen molar-refractivity contribution in [3.8, 4) is 5.69 Å². The molecule has 88 valence electrons. The van der Waals surface area contributed by atoms with E-state index in [9.17, 15) is 9.18 Å². The van der Waals surface area contributed by atoms with E-state index in [0.29, 0.717) is 0 Å². The summed E-state index contributed by atoms with van der Waals surface area (Å²) < 4.78 is 14.7. The van der Waals surface area contributed by atoms with Gasteiger partial charge >= 0.3 is 0 Å². The van der Waals surface area contributed by atoms with Crippen molar-refractivity contribution in [2.24, 2.45) is 0 Å². The summed E-state index contributed by atoms with van der Waals surface area (Å²) in [6, 6.07) is 7.64. The fraction of sp³-hybridized carbons (Fsp3) is 0.0909. The number of aromatic nitrogens is 2. The first kappa shape index (κ1) is 11.3. The van der Waals surface area contributed by atoms with Gasteiger partial charge in [-0.1, -0.05) is 12.1 Å². The van der Waals surface area contributed by atoms with Gasteiger partial charge in [0, 0.05) is 6.20 Å². The van der Waals surface area contributed by atoms with Crippen LogP contribution in [0, 0.1) is 5.82 Å². The van der Waals surface area contributed by atoms with Crippen LogP contribution >= 0.6 is 0 Å². The van der Waals surface area contributed by atoms with E-state index < -0.39 is 11.7 Å². The standard InChI is InChI=1S/C11H10FN3O2/c1-17-14-11(16)9-6-7-15(13-9)10-5-3-2-4-8(10)12/h2-7H,1H3,(H,14,16). The molecule has 1 aromatic carbocycles. The van der Waals surface area contributed by atoms with Crippen molar-refractivity contribution < 1.29 is 14.0 Å². The molecule has 0 aliphatic rings.